The zero-order valence-electron chi connectivity index (χ0n) is 14.6. The van der Waals surface area contributed by atoms with Crippen molar-refractivity contribution >= 4 is 0 Å². The van der Waals surface area contributed by atoms with Crippen molar-refractivity contribution in [2.75, 3.05) is 13.1 Å². The van der Waals surface area contributed by atoms with Crippen molar-refractivity contribution in [1.82, 2.24) is 5.32 Å². The monoisotopic (exact) mass is 281 g/mol. The molecule has 1 aliphatic rings. The van der Waals surface area contributed by atoms with Gasteiger partial charge in [-0.2, -0.15) is 0 Å². The van der Waals surface area contributed by atoms with Gasteiger partial charge in [-0.05, 0) is 43.1 Å². The van der Waals surface area contributed by atoms with E-state index in [0.29, 0.717) is 5.41 Å². The molecule has 0 spiro atoms. The highest BCUT2D eigenvalue weighted by Crippen LogP contribution is 2.42. The van der Waals surface area contributed by atoms with E-state index in [4.69, 9.17) is 0 Å². The topological polar surface area (TPSA) is 12.0 Å². The van der Waals surface area contributed by atoms with Gasteiger partial charge in [-0.3, -0.25) is 0 Å². The third kappa shape index (κ3) is 6.61. The normalized spacial score (nSPS) is 20.2. The Bertz CT molecular complexity index is 228. The van der Waals surface area contributed by atoms with Gasteiger partial charge in [-0.1, -0.05) is 72.6 Å². The summed E-state index contributed by atoms with van der Waals surface area (Å²) in [6, 6.07) is 0. The number of hydrogen-bond donors (Lipinski definition) is 1. The molecule has 0 aliphatic heterocycles. The summed E-state index contributed by atoms with van der Waals surface area (Å²) in [5, 5.41) is 3.78. The van der Waals surface area contributed by atoms with Gasteiger partial charge < -0.3 is 5.32 Å². The first-order chi connectivity index (χ1) is 9.62. The Hall–Kier alpha value is -0.0400. The van der Waals surface area contributed by atoms with Crippen LogP contribution in [0.4, 0.5) is 0 Å². The molecule has 0 heterocycles. The van der Waals surface area contributed by atoms with Crippen molar-refractivity contribution in [3.63, 3.8) is 0 Å². The highest BCUT2D eigenvalue weighted by molar-refractivity contribution is 4.87. The fraction of sp³-hybridized carbons (Fsp3) is 1.00. The first-order valence-electron chi connectivity index (χ1n) is 9.32. The van der Waals surface area contributed by atoms with E-state index in [1.165, 1.54) is 77.3 Å². The predicted octanol–water partition coefficient (Wildman–Crippen LogP) is 5.79. The molecule has 0 saturated heterocycles. The van der Waals surface area contributed by atoms with Crippen molar-refractivity contribution in [2.45, 2.75) is 91.9 Å². The molecule has 1 unspecified atom stereocenters. The smallest absolute Gasteiger partial charge is 0.000802 e. The van der Waals surface area contributed by atoms with E-state index in [2.05, 4.69) is 33.0 Å². The van der Waals surface area contributed by atoms with Gasteiger partial charge in [0.05, 0.1) is 0 Å². The zero-order valence-corrected chi connectivity index (χ0v) is 14.6. The molecule has 0 amide bonds. The Morgan fingerprint density at radius 1 is 1.05 bits per heavy atom. The second-order valence-electron chi connectivity index (χ2n) is 7.71. The Morgan fingerprint density at radius 2 is 1.75 bits per heavy atom. The van der Waals surface area contributed by atoms with Crippen molar-refractivity contribution < 1.29 is 0 Å². The highest BCUT2D eigenvalue weighted by atomic mass is 14.9. The van der Waals surface area contributed by atoms with Crippen LogP contribution in [0.3, 0.4) is 0 Å². The van der Waals surface area contributed by atoms with Crippen LogP contribution in [0.5, 0.6) is 0 Å². The Morgan fingerprint density at radius 3 is 2.30 bits per heavy atom. The number of hydrogen-bond acceptors (Lipinski definition) is 1. The van der Waals surface area contributed by atoms with E-state index in [9.17, 15) is 0 Å². The summed E-state index contributed by atoms with van der Waals surface area (Å²) >= 11 is 0. The van der Waals surface area contributed by atoms with Crippen molar-refractivity contribution in [2.24, 2.45) is 17.3 Å². The Balaban J connectivity index is 2.52. The van der Waals surface area contributed by atoms with Crippen LogP contribution in [-0.2, 0) is 0 Å². The molecule has 0 aromatic heterocycles. The van der Waals surface area contributed by atoms with Gasteiger partial charge in [0.1, 0.15) is 0 Å². The van der Waals surface area contributed by atoms with Gasteiger partial charge in [0.15, 0.2) is 0 Å². The Labute approximate surface area is 128 Å². The molecule has 1 nitrogen and oxygen atoms in total. The fourth-order valence-corrected chi connectivity index (χ4v) is 3.94. The largest absolute Gasteiger partial charge is 0.316 e. The van der Waals surface area contributed by atoms with E-state index >= 15 is 0 Å². The second-order valence-corrected chi connectivity index (χ2v) is 7.71. The van der Waals surface area contributed by atoms with Crippen LogP contribution in [0.15, 0.2) is 0 Å². The summed E-state index contributed by atoms with van der Waals surface area (Å²) < 4.78 is 0. The average molecular weight is 282 g/mol. The van der Waals surface area contributed by atoms with Gasteiger partial charge in [-0.25, -0.2) is 0 Å². The molecule has 1 aliphatic carbocycles. The van der Waals surface area contributed by atoms with E-state index in [1.54, 1.807) is 0 Å². The lowest BCUT2D eigenvalue weighted by Gasteiger charge is -2.40. The molecule has 1 heteroatoms. The van der Waals surface area contributed by atoms with E-state index < -0.39 is 0 Å². The lowest BCUT2D eigenvalue weighted by atomic mass is 9.68. The van der Waals surface area contributed by atoms with Gasteiger partial charge in [0, 0.05) is 6.54 Å². The molecule has 0 aromatic carbocycles. The third-order valence-corrected chi connectivity index (χ3v) is 5.23. The fourth-order valence-electron chi connectivity index (χ4n) is 3.94. The molecule has 1 fully saturated rings. The second kappa shape index (κ2) is 9.82. The van der Waals surface area contributed by atoms with Crippen LogP contribution in [0.25, 0.3) is 0 Å². The van der Waals surface area contributed by atoms with Crippen molar-refractivity contribution in [3.05, 3.63) is 0 Å². The van der Waals surface area contributed by atoms with Crippen LogP contribution in [0, 0.1) is 17.3 Å². The molecule has 0 radical (unpaired) electrons. The molecular formula is C19H39N. The summed E-state index contributed by atoms with van der Waals surface area (Å²) in [6.45, 7) is 11.8. The number of rotatable bonds is 10. The van der Waals surface area contributed by atoms with Gasteiger partial charge in [0.25, 0.3) is 0 Å². The van der Waals surface area contributed by atoms with Crippen LogP contribution in [0.2, 0.25) is 0 Å². The van der Waals surface area contributed by atoms with Crippen LogP contribution < -0.4 is 5.32 Å². The SMILES string of the molecule is CCCCC(CC)CC1(CNCC(C)C)CCCCC1. The quantitative estimate of drug-likeness (QED) is 0.534. The minimum Gasteiger partial charge on any atom is -0.316 e. The molecule has 1 N–H and O–H groups in total. The molecule has 1 rings (SSSR count). The van der Waals surface area contributed by atoms with E-state index in [-0.39, 0.29) is 0 Å². The van der Waals surface area contributed by atoms with E-state index in [0.717, 1.165) is 11.8 Å². The van der Waals surface area contributed by atoms with Gasteiger partial charge in [0.2, 0.25) is 0 Å². The number of unbranched alkanes of at least 4 members (excludes halogenated alkanes) is 1. The molecule has 1 saturated carbocycles. The Kier molecular flexibility index (Phi) is 8.84. The minimum atomic E-state index is 0.627. The molecular weight excluding hydrogens is 242 g/mol. The van der Waals surface area contributed by atoms with E-state index in [1.807, 2.05) is 0 Å². The summed E-state index contributed by atoms with van der Waals surface area (Å²) in [5.74, 6) is 1.74. The van der Waals surface area contributed by atoms with Crippen LogP contribution in [-0.4, -0.2) is 13.1 Å². The number of nitrogens with one attached hydrogen (secondary N) is 1. The lowest BCUT2D eigenvalue weighted by molar-refractivity contribution is 0.130. The van der Waals surface area contributed by atoms with Crippen molar-refractivity contribution in [1.29, 1.82) is 0 Å². The van der Waals surface area contributed by atoms with Crippen molar-refractivity contribution in [3.8, 4) is 0 Å². The summed E-state index contributed by atoms with van der Waals surface area (Å²) in [5.41, 5.74) is 0.627. The first-order valence-corrected chi connectivity index (χ1v) is 9.32. The summed E-state index contributed by atoms with van der Waals surface area (Å²) in [7, 11) is 0. The van der Waals surface area contributed by atoms with Gasteiger partial charge in [-0.15, -0.1) is 0 Å². The first kappa shape index (κ1) is 18.0. The molecule has 1 atom stereocenters. The van der Waals surface area contributed by atoms with Crippen LogP contribution >= 0.6 is 0 Å². The molecule has 20 heavy (non-hydrogen) atoms. The average Bonchev–Trinajstić information content (AvgIpc) is 2.44. The maximum atomic E-state index is 3.78. The molecule has 120 valence electrons. The predicted molar refractivity (Wildman–Crippen MR) is 91.1 cm³/mol. The minimum absolute atomic E-state index is 0.627. The lowest BCUT2D eigenvalue weighted by Crippen LogP contribution is -2.39. The summed E-state index contributed by atoms with van der Waals surface area (Å²) in [4.78, 5) is 0. The highest BCUT2D eigenvalue weighted by Gasteiger charge is 2.33. The maximum Gasteiger partial charge on any atom is 0.000802 e. The standard InChI is InChI=1S/C19H39N/c1-5-7-11-18(6-2)14-19(12-9-8-10-13-19)16-20-15-17(3)4/h17-18,20H,5-16H2,1-4H3. The maximum absolute atomic E-state index is 3.78. The molecule has 0 bridgehead atoms. The van der Waals surface area contributed by atoms with Crippen LogP contribution in [0.1, 0.15) is 91.9 Å². The van der Waals surface area contributed by atoms with Gasteiger partial charge >= 0.3 is 0 Å². The zero-order chi connectivity index (χ0) is 14.8. The third-order valence-electron chi connectivity index (χ3n) is 5.23. The molecule has 0 aromatic rings. The summed E-state index contributed by atoms with van der Waals surface area (Å²) in [6.07, 6.45) is 14.4.